The summed E-state index contributed by atoms with van der Waals surface area (Å²) in [7, 11) is -1.13. The summed E-state index contributed by atoms with van der Waals surface area (Å²) in [5.41, 5.74) is 1.40. The highest BCUT2D eigenvalue weighted by molar-refractivity contribution is 6.88. The van der Waals surface area contributed by atoms with Crippen LogP contribution in [-0.2, 0) is 6.42 Å². The van der Waals surface area contributed by atoms with E-state index in [4.69, 9.17) is 4.74 Å². The summed E-state index contributed by atoms with van der Waals surface area (Å²) >= 11 is 0. The number of benzene rings is 1. The van der Waals surface area contributed by atoms with E-state index in [1.54, 1.807) is 0 Å². The minimum absolute atomic E-state index is 0.866. The fraction of sp³-hybridized carbons (Fsp3) is 0.455. The van der Waals surface area contributed by atoms with Gasteiger partial charge in [-0.05, 0) is 11.6 Å². The summed E-state index contributed by atoms with van der Waals surface area (Å²) in [5.74, 6) is 1.10. The predicted molar refractivity (Wildman–Crippen MR) is 58.6 cm³/mol. The zero-order chi connectivity index (χ0) is 9.47. The second-order valence-corrected chi connectivity index (χ2v) is 9.75. The van der Waals surface area contributed by atoms with Crippen molar-refractivity contribution in [3.63, 3.8) is 0 Å². The third kappa shape index (κ3) is 1.63. The lowest BCUT2D eigenvalue weighted by Gasteiger charge is -2.17. The Labute approximate surface area is 80.7 Å². The molecule has 0 unspecified atom stereocenters. The molecule has 2 rings (SSSR count). The van der Waals surface area contributed by atoms with Crippen LogP contribution in [0.4, 0.5) is 0 Å². The molecule has 0 aromatic heterocycles. The first-order valence-electron chi connectivity index (χ1n) is 4.83. The van der Waals surface area contributed by atoms with Gasteiger partial charge < -0.3 is 4.74 Å². The van der Waals surface area contributed by atoms with Crippen LogP contribution in [0.2, 0.25) is 19.6 Å². The molecule has 0 amide bonds. The van der Waals surface area contributed by atoms with Crippen molar-refractivity contribution in [1.82, 2.24) is 0 Å². The first-order valence-corrected chi connectivity index (χ1v) is 8.33. The van der Waals surface area contributed by atoms with Gasteiger partial charge in [-0.15, -0.1) is 0 Å². The molecule has 1 heterocycles. The topological polar surface area (TPSA) is 9.23 Å². The minimum atomic E-state index is -1.13. The largest absolute Gasteiger partial charge is 0.493 e. The van der Waals surface area contributed by atoms with E-state index in [2.05, 4.69) is 37.8 Å². The summed E-state index contributed by atoms with van der Waals surface area (Å²) in [6.45, 7) is 8.00. The quantitative estimate of drug-likeness (QED) is 0.620. The third-order valence-corrected chi connectivity index (χ3v) is 4.60. The molecule has 0 N–H and O–H groups in total. The average molecular weight is 192 g/mol. The summed E-state index contributed by atoms with van der Waals surface area (Å²) in [5, 5.41) is 1.54. The Bertz CT molecular complexity index is 325. The van der Waals surface area contributed by atoms with Gasteiger partial charge in [0.15, 0.2) is 0 Å². The predicted octanol–water partition coefficient (Wildman–Crippen LogP) is 2.17. The molecule has 1 aromatic carbocycles. The maximum absolute atomic E-state index is 5.48. The molecule has 13 heavy (non-hydrogen) atoms. The van der Waals surface area contributed by atoms with Gasteiger partial charge in [-0.25, -0.2) is 0 Å². The Kier molecular flexibility index (Phi) is 1.95. The van der Waals surface area contributed by atoms with E-state index in [0.717, 1.165) is 18.8 Å². The van der Waals surface area contributed by atoms with Gasteiger partial charge in [-0.2, -0.15) is 0 Å². The van der Waals surface area contributed by atoms with Crippen LogP contribution in [0, 0.1) is 0 Å². The molecular formula is C11H16OSi. The number of rotatable bonds is 1. The average Bonchev–Trinajstić information content (AvgIpc) is 2.47. The van der Waals surface area contributed by atoms with Crippen LogP contribution < -0.4 is 9.92 Å². The van der Waals surface area contributed by atoms with E-state index in [9.17, 15) is 0 Å². The van der Waals surface area contributed by atoms with Gasteiger partial charge in [-0.3, -0.25) is 0 Å². The van der Waals surface area contributed by atoms with Crippen molar-refractivity contribution in [3.05, 3.63) is 23.8 Å². The standard InChI is InChI=1S/C11H16OSi/c1-13(2,3)10-4-5-11-9(8-10)6-7-12-11/h4-5,8H,6-7H2,1-3H3. The van der Waals surface area contributed by atoms with Crippen molar-refractivity contribution >= 4 is 13.3 Å². The van der Waals surface area contributed by atoms with E-state index in [-0.39, 0.29) is 0 Å². The normalized spacial score (nSPS) is 15.3. The fourth-order valence-corrected chi connectivity index (χ4v) is 2.84. The van der Waals surface area contributed by atoms with Crippen LogP contribution in [0.3, 0.4) is 0 Å². The highest BCUT2D eigenvalue weighted by Gasteiger charge is 2.19. The van der Waals surface area contributed by atoms with Crippen LogP contribution in [-0.4, -0.2) is 14.7 Å². The van der Waals surface area contributed by atoms with Gasteiger partial charge in [0.05, 0.1) is 14.7 Å². The third-order valence-electron chi connectivity index (χ3n) is 2.56. The maximum atomic E-state index is 5.48. The lowest BCUT2D eigenvalue weighted by Crippen LogP contribution is -2.37. The molecule has 1 aromatic rings. The highest BCUT2D eigenvalue weighted by Crippen LogP contribution is 2.24. The van der Waals surface area contributed by atoms with E-state index >= 15 is 0 Å². The summed E-state index contributed by atoms with van der Waals surface area (Å²) in [4.78, 5) is 0. The van der Waals surface area contributed by atoms with Crippen LogP contribution >= 0.6 is 0 Å². The van der Waals surface area contributed by atoms with E-state index in [1.807, 2.05) is 0 Å². The summed E-state index contributed by atoms with van der Waals surface area (Å²) in [6.07, 6.45) is 1.09. The molecule has 1 nitrogen and oxygen atoms in total. The van der Waals surface area contributed by atoms with Crippen LogP contribution in [0.15, 0.2) is 18.2 Å². The monoisotopic (exact) mass is 192 g/mol. The lowest BCUT2D eigenvalue weighted by atomic mass is 10.2. The first kappa shape index (κ1) is 8.82. The van der Waals surface area contributed by atoms with Gasteiger partial charge in [0.25, 0.3) is 0 Å². The van der Waals surface area contributed by atoms with Gasteiger partial charge in [0, 0.05) is 6.42 Å². The second-order valence-electron chi connectivity index (χ2n) is 4.67. The molecule has 1 aliphatic heterocycles. The lowest BCUT2D eigenvalue weighted by molar-refractivity contribution is 0.357. The molecule has 0 spiro atoms. The summed E-state index contributed by atoms with van der Waals surface area (Å²) < 4.78 is 5.48. The van der Waals surface area contributed by atoms with Crippen molar-refractivity contribution in [3.8, 4) is 5.75 Å². The molecule has 2 heteroatoms. The van der Waals surface area contributed by atoms with Gasteiger partial charge in [0.1, 0.15) is 5.75 Å². The number of fused-ring (bicyclic) bond motifs is 1. The Morgan fingerprint density at radius 2 is 2.00 bits per heavy atom. The van der Waals surface area contributed by atoms with Crippen LogP contribution in [0.5, 0.6) is 5.75 Å². The maximum Gasteiger partial charge on any atom is 0.122 e. The summed E-state index contributed by atoms with van der Waals surface area (Å²) in [6, 6.07) is 6.71. The molecule has 1 aliphatic rings. The zero-order valence-corrected chi connectivity index (χ0v) is 9.55. The van der Waals surface area contributed by atoms with Crippen molar-refractivity contribution < 1.29 is 4.74 Å². The van der Waals surface area contributed by atoms with E-state index in [1.165, 1.54) is 10.8 Å². The molecule has 0 fully saturated rings. The number of hydrogen-bond donors (Lipinski definition) is 0. The van der Waals surface area contributed by atoms with Gasteiger partial charge in [-0.1, -0.05) is 37.0 Å². The second kappa shape index (κ2) is 2.88. The van der Waals surface area contributed by atoms with Crippen molar-refractivity contribution in [2.24, 2.45) is 0 Å². The van der Waals surface area contributed by atoms with Crippen molar-refractivity contribution in [2.75, 3.05) is 6.61 Å². The van der Waals surface area contributed by atoms with Crippen molar-refractivity contribution in [1.29, 1.82) is 0 Å². The Hall–Kier alpha value is -0.763. The van der Waals surface area contributed by atoms with Gasteiger partial charge >= 0.3 is 0 Å². The van der Waals surface area contributed by atoms with E-state index in [0.29, 0.717) is 0 Å². The van der Waals surface area contributed by atoms with Crippen molar-refractivity contribution in [2.45, 2.75) is 26.1 Å². The molecule has 70 valence electrons. The number of ether oxygens (including phenoxy) is 1. The Morgan fingerprint density at radius 1 is 1.23 bits per heavy atom. The smallest absolute Gasteiger partial charge is 0.122 e. The molecule has 0 radical (unpaired) electrons. The fourth-order valence-electron chi connectivity index (χ4n) is 1.65. The number of hydrogen-bond acceptors (Lipinski definition) is 1. The molecule has 0 saturated heterocycles. The zero-order valence-electron chi connectivity index (χ0n) is 8.55. The molecule has 0 saturated carbocycles. The highest BCUT2D eigenvalue weighted by atomic mass is 28.3. The van der Waals surface area contributed by atoms with Crippen LogP contribution in [0.25, 0.3) is 0 Å². The molecular weight excluding hydrogens is 176 g/mol. The van der Waals surface area contributed by atoms with Crippen LogP contribution in [0.1, 0.15) is 5.56 Å². The minimum Gasteiger partial charge on any atom is -0.493 e. The molecule has 0 aliphatic carbocycles. The first-order chi connectivity index (χ1) is 6.07. The van der Waals surface area contributed by atoms with E-state index < -0.39 is 8.07 Å². The molecule has 0 atom stereocenters. The van der Waals surface area contributed by atoms with Gasteiger partial charge in [0.2, 0.25) is 0 Å². The Morgan fingerprint density at radius 3 is 2.69 bits per heavy atom. The molecule has 0 bridgehead atoms. The Balaban J connectivity index is 2.42. The SMILES string of the molecule is C[Si](C)(C)c1ccc2c(c1)CCO2.